The first-order valence-electron chi connectivity index (χ1n) is 7.31. The zero-order valence-corrected chi connectivity index (χ0v) is 12.9. The number of piperazine rings is 1. The van der Waals surface area contributed by atoms with Crippen LogP contribution in [0.5, 0.6) is 0 Å². The Morgan fingerprint density at radius 1 is 1.41 bits per heavy atom. The first-order chi connectivity index (χ1) is 10.4. The number of hydrogen-bond donors (Lipinski definition) is 2. The molecule has 0 aliphatic carbocycles. The smallest absolute Gasteiger partial charge is 0.233 e. The fraction of sp³-hybridized carbons (Fsp3) is 0.600. The zero-order chi connectivity index (χ0) is 16.3. The lowest BCUT2D eigenvalue weighted by atomic mass is 9.90. The molecule has 7 heteroatoms. The molecule has 0 aromatic carbocycles. The second-order valence-electron chi connectivity index (χ2n) is 5.99. The summed E-state index contributed by atoms with van der Waals surface area (Å²) in [4.78, 5) is 19.9. The van der Waals surface area contributed by atoms with E-state index in [1.807, 2.05) is 11.8 Å². The van der Waals surface area contributed by atoms with E-state index in [-0.39, 0.29) is 11.9 Å². The third-order valence-electron chi connectivity index (χ3n) is 4.12. The predicted octanol–water partition coefficient (Wildman–Crippen LogP) is 0.249. The van der Waals surface area contributed by atoms with Gasteiger partial charge in [0.05, 0.1) is 18.6 Å². The highest BCUT2D eigenvalue weighted by Crippen LogP contribution is 2.23. The monoisotopic (exact) mass is 311 g/mol. The Bertz CT molecular complexity index is 537. The summed E-state index contributed by atoms with van der Waals surface area (Å²) in [5.41, 5.74) is -1.17. The molecule has 22 heavy (non-hydrogen) atoms. The molecular weight excluding hydrogens is 289 g/mol. The van der Waals surface area contributed by atoms with Crippen molar-refractivity contribution < 1.29 is 19.4 Å². The van der Waals surface area contributed by atoms with Crippen LogP contribution in [0.2, 0.25) is 0 Å². The summed E-state index contributed by atoms with van der Waals surface area (Å²) in [7, 11) is 0. The summed E-state index contributed by atoms with van der Waals surface area (Å²) in [5, 5.41) is 18.7. The lowest BCUT2D eigenvalue weighted by Gasteiger charge is -2.43. The second kappa shape index (κ2) is 6.58. The van der Waals surface area contributed by atoms with E-state index in [1.165, 1.54) is 6.07 Å². The number of pyridine rings is 1. The number of rotatable bonds is 4. The van der Waals surface area contributed by atoms with Gasteiger partial charge in [-0.15, -0.1) is 0 Å². The van der Waals surface area contributed by atoms with Gasteiger partial charge >= 0.3 is 0 Å². The molecule has 1 fully saturated rings. The van der Waals surface area contributed by atoms with Gasteiger partial charge in [-0.25, -0.2) is 4.98 Å². The van der Waals surface area contributed by atoms with Crippen molar-refractivity contribution in [2.45, 2.75) is 19.9 Å². The Morgan fingerprint density at radius 2 is 2.09 bits per heavy atom. The van der Waals surface area contributed by atoms with Crippen LogP contribution in [0.3, 0.4) is 0 Å². The number of amides is 1. The molecule has 2 heterocycles. The third-order valence-corrected chi connectivity index (χ3v) is 4.12. The average molecular weight is 311 g/mol. The quantitative estimate of drug-likeness (QED) is 0.780. The highest BCUT2D eigenvalue weighted by atomic mass is 19.1. The molecule has 1 aromatic rings. The van der Waals surface area contributed by atoms with Crippen molar-refractivity contribution in [2.75, 3.05) is 37.7 Å². The zero-order valence-electron chi connectivity index (χ0n) is 12.9. The molecule has 2 N–H and O–H groups in total. The van der Waals surface area contributed by atoms with Gasteiger partial charge in [0.1, 0.15) is 5.82 Å². The van der Waals surface area contributed by atoms with Crippen LogP contribution in [-0.2, 0) is 4.79 Å². The Hall–Kier alpha value is -1.73. The normalized spacial score (nSPS) is 19.4. The van der Waals surface area contributed by atoms with Gasteiger partial charge in [-0.05, 0) is 26.0 Å². The molecule has 1 amide bonds. The molecule has 0 spiro atoms. The van der Waals surface area contributed by atoms with Gasteiger partial charge in [-0.1, -0.05) is 6.07 Å². The van der Waals surface area contributed by atoms with E-state index in [4.69, 9.17) is 0 Å². The number of aliphatic hydroxyl groups excluding tert-OH is 2. The maximum Gasteiger partial charge on any atom is 0.233 e. The summed E-state index contributed by atoms with van der Waals surface area (Å²) >= 11 is 0. The predicted molar refractivity (Wildman–Crippen MR) is 79.9 cm³/mol. The molecule has 2 rings (SSSR count). The SMILES string of the molecule is CC1CN(C(=O)C(C)(CO)CO)CCN1c1cccc(F)n1. The molecule has 0 bridgehead atoms. The molecule has 1 unspecified atom stereocenters. The minimum absolute atomic E-state index is 0.0337. The van der Waals surface area contributed by atoms with Gasteiger partial charge in [0.2, 0.25) is 11.9 Å². The molecule has 1 saturated heterocycles. The molecule has 1 atom stereocenters. The third kappa shape index (κ3) is 3.20. The van der Waals surface area contributed by atoms with Crippen molar-refractivity contribution in [3.8, 4) is 0 Å². The Morgan fingerprint density at radius 3 is 2.64 bits per heavy atom. The molecule has 1 aromatic heterocycles. The van der Waals surface area contributed by atoms with E-state index in [1.54, 1.807) is 24.0 Å². The Kier molecular flexibility index (Phi) is 4.97. The number of aliphatic hydroxyl groups is 2. The minimum atomic E-state index is -1.17. The second-order valence-corrected chi connectivity index (χ2v) is 5.99. The van der Waals surface area contributed by atoms with E-state index < -0.39 is 24.6 Å². The van der Waals surface area contributed by atoms with Gasteiger partial charge < -0.3 is 20.0 Å². The topological polar surface area (TPSA) is 76.9 Å². The molecule has 122 valence electrons. The first kappa shape index (κ1) is 16.6. The highest BCUT2D eigenvalue weighted by molar-refractivity contribution is 5.83. The van der Waals surface area contributed by atoms with Gasteiger partial charge in [-0.3, -0.25) is 4.79 Å². The number of carbonyl (C=O) groups is 1. The molecule has 1 aliphatic rings. The number of carbonyl (C=O) groups excluding carboxylic acids is 1. The Labute approximate surface area is 129 Å². The standard InChI is InChI=1S/C15H22FN3O3/c1-11-8-18(14(22)15(2,9-20)10-21)6-7-19(11)13-5-3-4-12(16)17-13/h3-5,11,20-21H,6-10H2,1-2H3. The maximum atomic E-state index is 13.2. The fourth-order valence-corrected chi connectivity index (χ4v) is 2.61. The van der Waals surface area contributed by atoms with Crippen molar-refractivity contribution in [3.63, 3.8) is 0 Å². The van der Waals surface area contributed by atoms with Crippen molar-refractivity contribution in [1.82, 2.24) is 9.88 Å². The van der Waals surface area contributed by atoms with Crippen LogP contribution >= 0.6 is 0 Å². The van der Waals surface area contributed by atoms with E-state index in [0.29, 0.717) is 25.5 Å². The van der Waals surface area contributed by atoms with E-state index in [2.05, 4.69) is 4.98 Å². The number of hydrogen-bond acceptors (Lipinski definition) is 5. The van der Waals surface area contributed by atoms with Gasteiger partial charge in [0, 0.05) is 25.7 Å². The Balaban J connectivity index is 2.08. The summed E-state index contributed by atoms with van der Waals surface area (Å²) in [6.45, 7) is 4.08. The van der Waals surface area contributed by atoms with Crippen LogP contribution in [0.4, 0.5) is 10.2 Å². The van der Waals surface area contributed by atoms with Crippen LogP contribution in [0.25, 0.3) is 0 Å². The summed E-state index contributed by atoms with van der Waals surface area (Å²) in [6.07, 6.45) is 0. The summed E-state index contributed by atoms with van der Waals surface area (Å²) < 4.78 is 13.2. The van der Waals surface area contributed by atoms with Crippen LogP contribution in [0, 0.1) is 11.4 Å². The lowest BCUT2D eigenvalue weighted by Crippen LogP contribution is -2.58. The lowest BCUT2D eigenvalue weighted by molar-refractivity contribution is -0.147. The van der Waals surface area contributed by atoms with Crippen molar-refractivity contribution in [2.24, 2.45) is 5.41 Å². The summed E-state index contributed by atoms with van der Waals surface area (Å²) in [6, 6.07) is 4.61. The molecular formula is C15H22FN3O3. The van der Waals surface area contributed by atoms with Crippen LogP contribution in [-0.4, -0.2) is 64.9 Å². The van der Waals surface area contributed by atoms with Gasteiger partial charge in [0.15, 0.2) is 0 Å². The van der Waals surface area contributed by atoms with Crippen LogP contribution in [0.15, 0.2) is 18.2 Å². The van der Waals surface area contributed by atoms with Gasteiger partial charge in [0.25, 0.3) is 0 Å². The first-order valence-corrected chi connectivity index (χ1v) is 7.31. The molecule has 0 saturated carbocycles. The average Bonchev–Trinajstić information content (AvgIpc) is 2.53. The molecule has 1 aliphatic heterocycles. The minimum Gasteiger partial charge on any atom is -0.395 e. The largest absolute Gasteiger partial charge is 0.395 e. The van der Waals surface area contributed by atoms with Crippen molar-refractivity contribution in [3.05, 3.63) is 24.1 Å². The van der Waals surface area contributed by atoms with Crippen LogP contribution in [0.1, 0.15) is 13.8 Å². The van der Waals surface area contributed by atoms with Crippen LogP contribution < -0.4 is 4.90 Å². The number of halogens is 1. The van der Waals surface area contributed by atoms with Crippen molar-refractivity contribution >= 4 is 11.7 Å². The summed E-state index contributed by atoms with van der Waals surface area (Å²) in [5.74, 6) is -0.251. The number of aromatic nitrogens is 1. The van der Waals surface area contributed by atoms with Crippen molar-refractivity contribution in [1.29, 1.82) is 0 Å². The van der Waals surface area contributed by atoms with E-state index in [9.17, 15) is 19.4 Å². The maximum absolute atomic E-state index is 13.2. The molecule has 6 nitrogen and oxygen atoms in total. The highest BCUT2D eigenvalue weighted by Gasteiger charge is 2.38. The fourth-order valence-electron chi connectivity index (χ4n) is 2.61. The number of anilines is 1. The number of nitrogens with zero attached hydrogens (tertiary/aromatic N) is 3. The van der Waals surface area contributed by atoms with E-state index in [0.717, 1.165) is 0 Å². The van der Waals surface area contributed by atoms with E-state index >= 15 is 0 Å². The van der Waals surface area contributed by atoms with Gasteiger partial charge in [-0.2, -0.15) is 4.39 Å². The molecule has 0 radical (unpaired) electrons.